The molecule has 10 heavy (non-hydrogen) atoms. The maximum absolute atomic E-state index is 8.42. The van der Waals surface area contributed by atoms with Crippen LogP contribution in [0.25, 0.3) is 0 Å². The van der Waals surface area contributed by atoms with Gasteiger partial charge in [0.25, 0.3) is 0 Å². The smallest absolute Gasteiger partial charge is 0.907 e. The van der Waals surface area contributed by atoms with Crippen LogP contribution in [0, 0.1) is 11.8 Å². The summed E-state index contributed by atoms with van der Waals surface area (Å²) < 4.78 is 0. The molecule has 9 heteroatoms. The van der Waals surface area contributed by atoms with E-state index >= 15 is 0 Å². The molecule has 0 rings (SSSR count). The van der Waals surface area contributed by atoms with Gasteiger partial charge in [-0.1, -0.05) is 0 Å². The summed E-state index contributed by atoms with van der Waals surface area (Å²) in [6.07, 6.45) is 0. The Balaban J connectivity index is -0.00000000625. The first-order chi connectivity index (χ1) is 2.73. The van der Waals surface area contributed by atoms with Gasteiger partial charge in [0.1, 0.15) is 0 Å². The molecule has 0 saturated carbocycles. The molecule has 0 aromatic heterocycles. The summed E-state index contributed by atoms with van der Waals surface area (Å²) in [5.41, 5.74) is 0. The summed E-state index contributed by atoms with van der Waals surface area (Å²) >= 11 is 0. The van der Waals surface area contributed by atoms with E-state index in [9.17, 15) is 0 Å². The van der Waals surface area contributed by atoms with E-state index in [2.05, 4.69) is 0 Å². The van der Waals surface area contributed by atoms with Gasteiger partial charge in [0.15, 0.2) is 0 Å². The topological polar surface area (TPSA) is 93.0 Å². The van der Waals surface area contributed by atoms with E-state index in [0.29, 0.717) is 0 Å². The molecule has 0 aliphatic rings. The molecule has 0 saturated heterocycles. The van der Waals surface area contributed by atoms with Crippen LogP contribution in [-0.4, -0.2) is 7.32 Å². The quantitative estimate of drug-likeness (QED) is 0.271. The second-order valence-corrected chi connectivity index (χ2v) is 0.289. The van der Waals surface area contributed by atoms with Gasteiger partial charge >= 0.3 is 118 Å². The van der Waals surface area contributed by atoms with E-state index in [1.165, 1.54) is 0 Å². The first-order valence-corrected chi connectivity index (χ1v) is 0.931. The molecule has 0 fully saturated rings. The van der Waals surface area contributed by atoms with Gasteiger partial charge in [-0.05, 0) is 0 Å². The van der Waals surface area contributed by atoms with Crippen LogP contribution in [-0.2, 0) is 0 Å². The van der Waals surface area contributed by atoms with Gasteiger partial charge < -0.3 is 26.9 Å². The van der Waals surface area contributed by atoms with Crippen LogP contribution in [0.15, 0.2) is 0 Å². The molecule has 4 nitrogen and oxygen atoms in total. The van der Waals surface area contributed by atoms with Crippen molar-refractivity contribution >= 4 is 7.32 Å². The zero-order valence-electron chi connectivity index (χ0n) is 6.75. The fourth-order valence-corrected chi connectivity index (χ4v) is 0. The van der Waals surface area contributed by atoms with Crippen molar-refractivity contribution in [1.82, 2.24) is 0 Å². The number of hydrogen-bond acceptors (Lipinski definition) is 4. The molecule has 0 aromatic rings. The number of nitrogens with zero attached hydrogens (tertiary/aromatic N) is 1. The van der Waals surface area contributed by atoms with Crippen LogP contribution in [0.2, 0.25) is 0 Å². The zero-order valence-corrected chi connectivity index (χ0v) is 14.7. The standard InChI is InChI=1S/CN.BO3.4Na/c1-2;2-1(3)4;;;;/q-1;-3;4*+1. The minimum Gasteiger partial charge on any atom is -0.907 e. The summed E-state index contributed by atoms with van der Waals surface area (Å²) in [7, 11) is -2.92. The normalized spacial score (nSPS) is 2.90. The molecule has 0 bridgehead atoms. The molecule has 0 aliphatic heterocycles. The van der Waals surface area contributed by atoms with Crippen molar-refractivity contribution in [3.05, 3.63) is 6.57 Å². The van der Waals surface area contributed by atoms with E-state index in [-0.39, 0.29) is 118 Å². The average Bonchev–Trinajstić information content (AvgIpc) is 1.41. The minimum atomic E-state index is -2.92. The van der Waals surface area contributed by atoms with Crippen LogP contribution in [0.3, 0.4) is 0 Å². The van der Waals surface area contributed by atoms with E-state index in [4.69, 9.17) is 26.9 Å². The number of hydrogen-bond donors (Lipinski definition) is 0. The zero-order chi connectivity index (χ0) is 5.58. The van der Waals surface area contributed by atoms with E-state index < -0.39 is 7.32 Å². The van der Waals surface area contributed by atoms with Gasteiger partial charge in [0.2, 0.25) is 0 Å². The van der Waals surface area contributed by atoms with Gasteiger partial charge in [-0.15, -0.1) is 0 Å². The van der Waals surface area contributed by atoms with Crippen molar-refractivity contribution in [3.8, 4) is 0 Å². The summed E-state index contributed by atoms with van der Waals surface area (Å²) in [6, 6.07) is 0. The van der Waals surface area contributed by atoms with Crippen molar-refractivity contribution in [3.63, 3.8) is 0 Å². The third-order valence-corrected chi connectivity index (χ3v) is 0. The Hall–Kier alpha value is 3.43. The van der Waals surface area contributed by atoms with E-state index in [1.807, 2.05) is 0 Å². The Labute approximate surface area is 149 Å². The van der Waals surface area contributed by atoms with Gasteiger partial charge in [-0.2, -0.15) is 0 Å². The van der Waals surface area contributed by atoms with Crippen molar-refractivity contribution in [2.24, 2.45) is 0 Å². The largest absolute Gasteiger partial charge is 1.00 e. The monoisotopic (exact) mass is 177 g/mol. The molecule has 0 radical (unpaired) electrons. The van der Waals surface area contributed by atoms with Crippen molar-refractivity contribution < 1.29 is 133 Å². The molecule has 34 valence electrons. The molecule has 0 aliphatic carbocycles. The molecule has 0 atom stereocenters. The minimum absolute atomic E-state index is 0. The Morgan fingerprint density at radius 1 is 0.800 bits per heavy atom. The number of rotatable bonds is 0. The van der Waals surface area contributed by atoms with Crippen LogP contribution in [0.1, 0.15) is 0 Å². The fraction of sp³-hybridized carbons (Fsp3) is 0. The third kappa shape index (κ3) is 106. The van der Waals surface area contributed by atoms with Crippen molar-refractivity contribution in [1.29, 1.82) is 5.26 Å². The average molecular weight is 177 g/mol. The molecule has 0 aromatic carbocycles. The molecular weight excluding hydrogens is 177 g/mol. The Kier molecular flexibility index (Phi) is 148. The first-order valence-electron chi connectivity index (χ1n) is 0.931. The Morgan fingerprint density at radius 3 is 0.800 bits per heavy atom. The van der Waals surface area contributed by atoms with Crippen LogP contribution < -0.4 is 133 Å². The van der Waals surface area contributed by atoms with Gasteiger partial charge in [-0.3, -0.25) is 7.32 Å². The van der Waals surface area contributed by atoms with E-state index in [0.717, 1.165) is 0 Å². The summed E-state index contributed by atoms with van der Waals surface area (Å²) in [5, 5.41) is 31.5. The van der Waals surface area contributed by atoms with Crippen molar-refractivity contribution in [2.45, 2.75) is 0 Å². The summed E-state index contributed by atoms with van der Waals surface area (Å²) in [4.78, 5) is 0. The van der Waals surface area contributed by atoms with Crippen LogP contribution >= 0.6 is 0 Å². The SMILES string of the molecule is [C-]#N.[Na+].[Na+].[Na+].[Na+].[O-]B([O-])[O-]. The van der Waals surface area contributed by atoms with Gasteiger partial charge in [0, 0.05) is 0 Å². The third-order valence-electron chi connectivity index (χ3n) is 0. The maximum atomic E-state index is 8.42. The predicted octanol–water partition coefficient (Wildman–Crippen LogP) is -15.8. The molecule has 0 amide bonds. The second-order valence-electron chi connectivity index (χ2n) is 0.289. The van der Waals surface area contributed by atoms with Crippen LogP contribution in [0.4, 0.5) is 0 Å². The Bertz CT molecular complexity index is 42.0. The second kappa shape index (κ2) is 39.3. The maximum Gasteiger partial charge on any atom is 1.00 e. The summed E-state index contributed by atoms with van der Waals surface area (Å²) in [6.45, 7) is 4.75. The van der Waals surface area contributed by atoms with Gasteiger partial charge in [-0.25, -0.2) is 0 Å². The molecule has 0 unspecified atom stereocenters. The Morgan fingerprint density at radius 2 is 0.800 bits per heavy atom. The summed E-state index contributed by atoms with van der Waals surface area (Å²) in [5.74, 6) is 0. The molecular formula is CBNNa4O3. The first kappa shape index (κ1) is 37.6. The van der Waals surface area contributed by atoms with Crippen molar-refractivity contribution in [2.75, 3.05) is 0 Å². The molecule has 0 spiro atoms. The van der Waals surface area contributed by atoms with Crippen LogP contribution in [0.5, 0.6) is 0 Å². The molecule has 0 N–H and O–H groups in total. The van der Waals surface area contributed by atoms with Gasteiger partial charge in [0.05, 0.1) is 0 Å². The fourth-order valence-electron chi connectivity index (χ4n) is 0. The molecule has 0 heterocycles. The predicted molar refractivity (Wildman–Crippen MR) is 10.7 cm³/mol. The van der Waals surface area contributed by atoms with E-state index in [1.54, 1.807) is 0 Å².